The zero-order valence-electron chi connectivity index (χ0n) is 13.9. The molecule has 7 heteroatoms. The molecule has 0 saturated carbocycles. The fourth-order valence-electron chi connectivity index (χ4n) is 2.29. The number of sulfonamides is 1. The number of amidine groups is 1. The predicted octanol–water partition coefficient (Wildman–Crippen LogP) is 2.92. The highest BCUT2D eigenvalue weighted by Gasteiger charge is 2.29. The molecule has 6 nitrogen and oxygen atoms in total. The second-order valence-electron chi connectivity index (χ2n) is 5.25. The molecule has 0 atom stereocenters. The number of nitrogens with two attached hydrogens (primary N) is 1. The van der Waals surface area contributed by atoms with Crippen LogP contribution in [-0.2, 0) is 10.0 Å². The van der Waals surface area contributed by atoms with Gasteiger partial charge < -0.3 is 11.9 Å². The van der Waals surface area contributed by atoms with Gasteiger partial charge in [-0.05, 0) is 38.3 Å². The topological polar surface area (TPSA) is 120 Å². The summed E-state index contributed by atoms with van der Waals surface area (Å²) >= 11 is 0. The van der Waals surface area contributed by atoms with Gasteiger partial charge in [-0.25, -0.2) is 0 Å². The third-order valence-corrected chi connectivity index (χ3v) is 5.42. The fraction of sp³-hybridized carbons (Fsp3) is 0.533. The lowest BCUT2D eigenvalue weighted by Crippen LogP contribution is -2.38. The first-order chi connectivity index (χ1) is 9.81. The molecule has 0 bridgehead atoms. The smallest absolute Gasteiger partial charge is 0.276 e. The van der Waals surface area contributed by atoms with Gasteiger partial charge in [0.15, 0.2) is 0 Å². The van der Waals surface area contributed by atoms with Crippen LogP contribution in [0, 0.1) is 12.3 Å². The fourth-order valence-corrected chi connectivity index (χ4v) is 3.11. The van der Waals surface area contributed by atoms with Crippen LogP contribution in [0.1, 0.15) is 45.6 Å². The van der Waals surface area contributed by atoms with Crippen LogP contribution < -0.4 is 16.7 Å². The van der Waals surface area contributed by atoms with Crippen LogP contribution in [-0.4, -0.2) is 14.3 Å². The Morgan fingerprint density at radius 3 is 2.00 bits per heavy atom. The summed E-state index contributed by atoms with van der Waals surface area (Å²) in [6.45, 7) is 8.00. The average molecular weight is 328 g/mol. The van der Waals surface area contributed by atoms with E-state index in [-0.39, 0.29) is 16.5 Å². The minimum Gasteiger partial charge on any atom is -0.385 e. The Labute approximate surface area is 133 Å². The summed E-state index contributed by atoms with van der Waals surface area (Å²) in [6.07, 6.45) is 2.46. The maximum atomic E-state index is 12.2. The zero-order valence-corrected chi connectivity index (χ0v) is 14.7. The second-order valence-corrected chi connectivity index (χ2v) is 6.91. The molecule has 0 saturated heterocycles. The molecule has 0 spiro atoms. The van der Waals surface area contributed by atoms with Crippen molar-refractivity contribution >= 4 is 15.9 Å². The third kappa shape index (κ3) is 4.45. The molecule has 0 aliphatic rings. The van der Waals surface area contributed by atoms with Crippen LogP contribution in [0.4, 0.5) is 0 Å². The highest BCUT2D eigenvalue weighted by atomic mass is 32.2. The summed E-state index contributed by atoms with van der Waals surface area (Å²) in [7, 11) is -3.67. The number of benzene rings is 1. The van der Waals surface area contributed by atoms with Gasteiger partial charge in [-0.15, -0.1) is 0 Å². The molecule has 0 unspecified atom stereocenters. The van der Waals surface area contributed by atoms with Crippen molar-refractivity contribution in [3.63, 3.8) is 0 Å². The molecular weight excluding hydrogens is 300 g/mol. The Bertz CT molecular complexity index is 582. The number of hydrogen-bond acceptors (Lipinski definition) is 4. The Morgan fingerprint density at radius 2 is 1.59 bits per heavy atom. The minimum absolute atomic E-state index is 0. The Balaban J connectivity index is 0.00000441. The Kier molecular flexibility index (Phi) is 7.55. The third-order valence-electron chi connectivity index (χ3n) is 4.19. The van der Waals surface area contributed by atoms with Gasteiger partial charge in [0.05, 0.1) is 4.90 Å². The molecule has 0 radical (unpaired) electrons. The molecular formula is C15H28N4O2S. The predicted molar refractivity (Wildman–Crippen MR) is 91.5 cm³/mol. The quantitative estimate of drug-likeness (QED) is 0.405. The molecule has 0 amide bonds. The van der Waals surface area contributed by atoms with E-state index in [1.54, 1.807) is 24.3 Å². The van der Waals surface area contributed by atoms with Crippen molar-refractivity contribution in [2.45, 2.75) is 51.9 Å². The first-order valence-corrected chi connectivity index (χ1v) is 8.71. The summed E-state index contributed by atoms with van der Waals surface area (Å²) < 4.78 is 24.3. The van der Waals surface area contributed by atoms with E-state index in [1.165, 1.54) is 0 Å². The van der Waals surface area contributed by atoms with Gasteiger partial charge in [0, 0.05) is 5.41 Å². The highest BCUT2D eigenvalue weighted by molar-refractivity contribution is 7.89. The number of aryl methyl sites for hydroxylation is 1. The Morgan fingerprint density at radius 1 is 1.14 bits per heavy atom. The van der Waals surface area contributed by atoms with Crippen LogP contribution in [0.5, 0.6) is 0 Å². The molecule has 126 valence electrons. The molecule has 0 heterocycles. The average Bonchev–Trinajstić information content (AvgIpc) is 2.48. The van der Waals surface area contributed by atoms with Crippen molar-refractivity contribution in [1.29, 1.82) is 0 Å². The Hall–Kier alpha value is -1.60. The van der Waals surface area contributed by atoms with Crippen LogP contribution in [0.2, 0.25) is 0 Å². The summed E-state index contributed by atoms with van der Waals surface area (Å²) in [5.41, 5.74) is 6.76. The van der Waals surface area contributed by atoms with Crippen molar-refractivity contribution in [3.05, 3.63) is 29.8 Å². The SMILES string of the molecule is CCC(CC)(CC)C(N)=NNS(=O)(=O)c1ccc(C)cc1.N. The largest absolute Gasteiger partial charge is 0.385 e. The molecule has 1 rings (SSSR count). The van der Waals surface area contributed by atoms with Gasteiger partial charge in [0.25, 0.3) is 10.0 Å². The van der Waals surface area contributed by atoms with E-state index in [0.29, 0.717) is 5.84 Å². The van der Waals surface area contributed by atoms with Gasteiger partial charge in [0.2, 0.25) is 0 Å². The van der Waals surface area contributed by atoms with E-state index in [0.717, 1.165) is 24.8 Å². The van der Waals surface area contributed by atoms with Gasteiger partial charge in [-0.2, -0.15) is 18.4 Å². The number of nitrogens with one attached hydrogen (secondary N) is 1. The normalized spacial score (nSPS) is 12.6. The van der Waals surface area contributed by atoms with Crippen LogP contribution >= 0.6 is 0 Å². The minimum atomic E-state index is -3.67. The second kappa shape index (κ2) is 8.14. The molecule has 0 aliphatic heterocycles. The van der Waals surface area contributed by atoms with Crippen LogP contribution in [0.15, 0.2) is 34.3 Å². The first kappa shape index (κ1) is 20.4. The van der Waals surface area contributed by atoms with Crippen molar-refractivity contribution in [1.82, 2.24) is 11.0 Å². The van der Waals surface area contributed by atoms with Crippen LogP contribution in [0.3, 0.4) is 0 Å². The van der Waals surface area contributed by atoms with Crippen LogP contribution in [0.25, 0.3) is 0 Å². The van der Waals surface area contributed by atoms with Crippen molar-refractivity contribution in [2.75, 3.05) is 0 Å². The number of hydrogen-bond donors (Lipinski definition) is 3. The van der Waals surface area contributed by atoms with E-state index < -0.39 is 10.0 Å². The monoisotopic (exact) mass is 328 g/mol. The summed E-state index contributed by atoms with van der Waals surface area (Å²) in [4.78, 5) is 2.42. The number of nitrogens with zero attached hydrogens (tertiary/aromatic N) is 1. The molecule has 0 aliphatic carbocycles. The lowest BCUT2D eigenvalue weighted by atomic mass is 9.79. The zero-order chi connectivity index (χ0) is 16.1. The van der Waals surface area contributed by atoms with E-state index >= 15 is 0 Å². The maximum Gasteiger partial charge on any atom is 0.276 e. The molecule has 6 N–H and O–H groups in total. The van der Waals surface area contributed by atoms with Gasteiger partial charge >= 0.3 is 0 Å². The molecule has 1 aromatic rings. The standard InChI is InChI=1S/C15H25N3O2S.H3N/c1-5-15(6-2,7-3)14(16)17-18-21(19,20)13-10-8-12(4)9-11-13;/h8-11,18H,5-7H2,1-4H3,(H2,16,17);1H3. The molecule has 0 aromatic heterocycles. The lowest BCUT2D eigenvalue weighted by molar-refractivity contribution is 0.369. The summed E-state index contributed by atoms with van der Waals surface area (Å²) in [5, 5.41) is 3.94. The highest BCUT2D eigenvalue weighted by Crippen LogP contribution is 2.30. The number of hydrazone groups is 1. The van der Waals surface area contributed by atoms with E-state index in [1.807, 2.05) is 27.7 Å². The van der Waals surface area contributed by atoms with Gasteiger partial charge in [-0.3, -0.25) is 0 Å². The van der Waals surface area contributed by atoms with Crippen molar-refractivity contribution in [2.24, 2.45) is 16.3 Å². The summed E-state index contributed by atoms with van der Waals surface area (Å²) in [6, 6.07) is 6.60. The van der Waals surface area contributed by atoms with Crippen molar-refractivity contribution in [3.8, 4) is 0 Å². The molecule has 1 aromatic carbocycles. The van der Waals surface area contributed by atoms with E-state index in [2.05, 4.69) is 9.93 Å². The van der Waals surface area contributed by atoms with E-state index in [9.17, 15) is 8.42 Å². The summed E-state index contributed by atoms with van der Waals surface area (Å²) in [5.74, 6) is 0.339. The maximum absolute atomic E-state index is 12.2. The molecule has 0 fully saturated rings. The van der Waals surface area contributed by atoms with Gasteiger partial charge in [0.1, 0.15) is 5.84 Å². The molecule has 22 heavy (non-hydrogen) atoms. The lowest BCUT2D eigenvalue weighted by Gasteiger charge is -2.29. The van der Waals surface area contributed by atoms with Crippen molar-refractivity contribution < 1.29 is 8.42 Å². The van der Waals surface area contributed by atoms with Gasteiger partial charge in [-0.1, -0.05) is 38.5 Å². The van der Waals surface area contributed by atoms with E-state index in [4.69, 9.17) is 5.73 Å². The first-order valence-electron chi connectivity index (χ1n) is 7.23. The number of rotatable bonds is 7.